The van der Waals surface area contributed by atoms with Gasteiger partial charge in [0, 0.05) is 4.88 Å². The van der Waals surface area contributed by atoms with E-state index in [4.69, 9.17) is 0 Å². The molecule has 1 aromatic rings. The SMILES string of the molecule is CC(C)(C)C1CCC(Cc2ccc(Br)s2)(C(=O)O)CC1. The minimum absolute atomic E-state index is 0.288. The number of hydrogen-bond acceptors (Lipinski definition) is 2. The lowest BCUT2D eigenvalue weighted by Crippen LogP contribution is -2.39. The normalized spacial score (nSPS) is 27.5. The first-order valence-corrected chi connectivity index (χ1v) is 8.81. The number of rotatable bonds is 3. The van der Waals surface area contributed by atoms with Crippen LogP contribution in [0, 0.1) is 16.7 Å². The lowest BCUT2D eigenvalue weighted by Gasteiger charge is -2.41. The van der Waals surface area contributed by atoms with Crippen molar-refractivity contribution >= 4 is 33.2 Å². The number of halogens is 1. The minimum Gasteiger partial charge on any atom is -0.481 e. The molecule has 0 aromatic carbocycles. The van der Waals surface area contributed by atoms with Crippen LogP contribution in [-0.4, -0.2) is 11.1 Å². The molecule has 1 N–H and O–H groups in total. The Kier molecular flexibility index (Phi) is 4.65. The predicted octanol–water partition coefficient (Wildman–Crippen LogP) is 5.36. The maximum Gasteiger partial charge on any atom is 0.309 e. The Hall–Kier alpha value is -0.350. The van der Waals surface area contributed by atoms with Crippen molar-refractivity contribution in [2.45, 2.75) is 52.9 Å². The zero-order valence-electron chi connectivity index (χ0n) is 12.4. The minimum atomic E-state index is -0.616. The van der Waals surface area contributed by atoms with Crippen LogP contribution in [-0.2, 0) is 11.2 Å². The molecule has 112 valence electrons. The van der Waals surface area contributed by atoms with Crippen LogP contribution in [0.15, 0.2) is 15.9 Å². The molecule has 0 bridgehead atoms. The summed E-state index contributed by atoms with van der Waals surface area (Å²) in [5.41, 5.74) is -0.261. The number of hydrogen-bond donors (Lipinski definition) is 1. The molecule has 2 nitrogen and oxygen atoms in total. The largest absolute Gasteiger partial charge is 0.481 e. The molecule has 1 aliphatic carbocycles. The lowest BCUT2D eigenvalue weighted by molar-refractivity contribution is -0.152. The monoisotopic (exact) mass is 358 g/mol. The van der Waals surface area contributed by atoms with Crippen molar-refractivity contribution in [2.24, 2.45) is 16.7 Å². The molecule has 1 saturated carbocycles. The second kappa shape index (κ2) is 5.80. The Balaban J connectivity index is 2.11. The molecule has 2 rings (SSSR count). The van der Waals surface area contributed by atoms with Gasteiger partial charge in [-0.1, -0.05) is 20.8 Å². The van der Waals surface area contributed by atoms with E-state index in [-0.39, 0.29) is 5.41 Å². The Labute approximate surface area is 133 Å². The van der Waals surface area contributed by atoms with Gasteiger partial charge in [0.25, 0.3) is 0 Å². The zero-order chi connectivity index (χ0) is 15.0. The number of thiophene rings is 1. The van der Waals surface area contributed by atoms with Gasteiger partial charge in [-0.05, 0) is 71.5 Å². The molecule has 1 heterocycles. The van der Waals surface area contributed by atoms with Gasteiger partial charge in [0.05, 0.1) is 9.20 Å². The number of carboxylic acids is 1. The van der Waals surface area contributed by atoms with Crippen molar-refractivity contribution in [3.05, 3.63) is 20.8 Å². The standard InChI is InChI=1S/C16H23BrO2S/c1-15(2,3)11-6-8-16(9-7-11,14(18)19)10-12-4-5-13(17)20-12/h4-5,11H,6-10H2,1-3H3,(H,18,19). The van der Waals surface area contributed by atoms with Crippen molar-refractivity contribution in [2.75, 3.05) is 0 Å². The second-order valence-corrected chi connectivity index (χ2v) is 9.66. The van der Waals surface area contributed by atoms with Crippen LogP contribution in [0.2, 0.25) is 0 Å². The third-order valence-electron chi connectivity index (χ3n) is 4.76. The highest BCUT2D eigenvalue weighted by Gasteiger charge is 2.44. The molecule has 0 unspecified atom stereocenters. The van der Waals surface area contributed by atoms with Crippen LogP contribution in [0.25, 0.3) is 0 Å². The highest BCUT2D eigenvalue weighted by Crippen LogP contribution is 2.47. The third-order valence-corrected chi connectivity index (χ3v) is 6.39. The summed E-state index contributed by atoms with van der Waals surface area (Å²) in [6, 6.07) is 4.06. The van der Waals surface area contributed by atoms with Crippen molar-refractivity contribution < 1.29 is 9.90 Å². The van der Waals surface area contributed by atoms with E-state index in [0.717, 1.165) is 29.5 Å². The van der Waals surface area contributed by atoms with E-state index >= 15 is 0 Å². The lowest BCUT2D eigenvalue weighted by atomic mass is 9.63. The summed E-state index contributed by atoms with van der Waals surface area (Å²) in [7, 11) is 0. The maximum atomic E-state index is 11.8. The highest BCUT2D eigenvalue weighted by molar-refractivity contribution is 9.11. The van der Waals surface area contributed by atoms with E-state index in [9.17, 15) is 9.90 Å². The van der Waals surface area contributed by atoms with Crippen LogP contribution < -0.4 is 0 Å². The first-order chi connectivity index (χ1) is 9.23. The Morgan fingerprint density at radius 1 is 1.40 bits per heavy atom. The van der Waals surface area contributed by atoms with Gasteiger partial charge < -0.3 is 5.11 Å². The number of aliphatic carboxylic acids is 1. The van der Waals surface area contributed by atoms with E-state index in [2.05, 4.69) is 42.8 Å². The van der Waals surface area contributed by atoms with Gasteiger partial charge in [0.2, 0.25) is 0 Å². The summed E-state index contributed by atoms with van der Waals surface area (Å²) >= 11 is 5.12. The summed E-state index contributed by atoms with van der Waals surface area (Å²) in [5.74, 6) is 0.0272. The average Bonchev–Trinajstić information content (AvgIpc) is 2.74. The Morgan fingerprint density at radius 2 is 2.00 bits per heavy atom. The quantitative estimate of drug-likeness (QED) is 0.789. The summed E-state index contributed by atoms with van der Waals surface area (Å²) in [6.07, 6.45) is 4.35. The van der Waals surface area contributed by atoms with Crippen LogP contribution in [0.5, 0.6) is 0 Å². The molecule has 0 spiro atoms. The van der Waals surface area contributed by atoms with Gasteiger partial charge in [0.1, 0.15) is 0 Å². The fourth-order valence-electron chi connectivity index (χ4n) is 3.28. The summed E-state index contributed by atoms with van der Waals surface area (Å²) < 4.78 is 1.08. The third kappa shape index (κ3) is 3.45. The second-order valence-electron chi connectivity index (χ2n) is 7.11. The fraction of sp³-hybridized carbons (Fsp3) is 0.688. The molecule has 1 fully saturated rings. The molecular weight excluding hydrogens is 336 g/mol. The highest BCUT2D eigenvalue weighted by atomic mass is 79.9. The zero-order valence-corrected chi connectivity index (χ0v) is 14.8. The predicted molar refractivity (Wildman–Crippen MR) is 87.2 cm³/mol. The van der Waals surface area contributed by atoms with Crippen molar-refractivity contribution in [3.63, 3.8) is 0 Å². The number of carbonyl (C=O) groups is 1. The van der Waals surface area contributed by atoms with Gasteiger partial charge in [-0.25, -0.2) is 0 Å². The van der Waals surface area contributed by atoms with Crippen molar-refractivity contribution in [1.82, 2.24) is 0 Å². The molecule has 1 aliphatic rings. The Bertz CT molecular complexity index is 479. The smallest absolute Gasteiger partial charge is 0.309 e. The van der Waals surface area contributed by atoms with Gasteiger partial charge >= 0.3 is 5.97 Å². The first kappa shape index (κ1) is 16.0. The topological polar surface area (TPSA) is 37.3 Å². The van der Waals surface area contributed by atoms with E-state index in [1.54, 1.807) is 11.3 Å². The van der Waals surface area contributed by atoms with E-state index in [1.165, 1.54) is 4.88 Å². The van der Waals surface area contributed by atoms with Crippen LogP contribution in [0.4, 0.5) is 0 Å². The van der Waals surface area contributed by atoms with E-state index in [0.29, 0.717) is 12.3 Å². The number of carboxylic acid groups (broad SMARTS) is 1. The fourth-order valence-corrected chi connectivity index (χ4v) is 4.91. The summed E-state index contributed by atoms with van der Waals surface area (Å²) in [6.45, 7) is 6.80. The van der Waals surface area contributed by atoms with Gasteiger partial charge in [-0.2, -0.15) is 0 Å². The van der Waals surface area contributed by atoms with Crippen molar-refractivity contribution in [3.8, 4) is 0 Å². The summed E-state index contributed by atoms with van der Waals surface area (Å²) in [4.78, 5) is 13.0. The molecular formula is C16H23BrO2S. The van der Waals surface area contributed by atoms with Crippen LogP contribution in [0.1, 0.15) is 51.3 Å². The molecule has 0 saturated heterocycles. The van der Waals surface area contributed by atoms with Crippen LogP contribution >= 0.6 is 27.3 Å². The Morgan fingerprint density at radius 3 is 2.40 bits per heavy atom. The van der Waals surface area contributed by atoms with E-state index in [1.807, 2.05) is 6.07 Å². The molecule has 0 aliphatic heterocycles. The molecule has 1 aromatic heterocycles. The van der Waals surface area contributed by atoms with Gasteiger partial charge in [-0.15, -0.1) is 11.3 Å². The molecule has 20 heavy (non-hydrogen) atoms. The molecule has 0 radical (unpaired) electrons. The molecule has 0 atom stereocenters. The van der Waals surface area contributed by atoms with Crippen LogP contribution in [0.3, 0.4) is 0 Å². The molecule has 4 heteroatoms. The summed E-state index contributed by atoms with van der Waals surface area (Å²) in [5, 5.41) is 9.74. The van der Waals surface area contributed by atoms with Crippen molar-refractivity contribution in [1.29, 1.82) is 0 Å². The maximum absolute atomic E-state index is 11.8. The first-order valence-electron chi connectivity index (χ1n) is 7.21. The molecule has 0 amide bonds. The van der Waals surface area contributed by atoms with E-state index < -0.39 is 11.4 Å². The van der Waals surface area contributed by atoms with Gasteiger partial charge in [0.15, 0.2) is 0 Å². The average molecular weight is 359 g/mol. The van der Waals surface area contributed by atoms with Gasteiger partial charge in [-0.3, -0.25) is 4.79 Å².